The van der Waals surface area contributed by atoms with Gasteiger partial charge in [-0.2, -0.15) is 4.89 Å². The van der Waals surface area contributed by atoms with Crippen LogP contribution < -0.4 is 14.8 Å². The number of carbonyl (C=O) groups excluding carboxylic acids is 2. The number of benzene rings is 3. The van der Waals surface area contributed by atoms with Crippen LogP contribution in [-0.4, -0.2) is 24.3 Å². The number of hydrogen-bond acceptors (Lipinski definition) is 6. The van der Waals surface area contributed by atoms with Crippen LogP contribution in [-0.2, 0) is 9.78 Å². The summed E-state index contributed by atoms with van der Waals surface area (Å²) in [6, 6.07) is 15.4. The molecule has 0 aliphatic carbocycles. The Morgan fingerprint density at radius 2 is 1.58 bits per heavy atom. The Morgan fingerprint density at radius 1 is 0.909 bits per heavy atom. The molecule has 1 aliphatic heterocycles. The number of nitrogens with one attached hydrogen (secondary N) is 1. The Morgan fingerprint density at radius 3 is 2.30 bits per heavy atom. The molecule has 0 fully saturated rings. The number of amides is 1. The third kappa shape index (κ3) is 5.30. The summed E-state index contributed by atoms with van der Waals surface area (Å²) in [6.07, 6.45) is 0. The summed E-state index contributed by atoms with van der Waals surface area (Å²) in [6.45, 7) is 5.36. The van der Waals surface area contributed by atoms with Gasteiger partial charge in [0.25, 0.3) is 5.91 Å². The molecule has 0 atom stereocenters. The van der Waals surface area contributed by atoms with E-state index in [0.29, 0.717) is 11.5 Å². The minimum Gasteiger partial charge on any atom is -0.454 e. The molecule has 8 heteroatoms. The molecule has 0 saturated carbocycles. The third-order valence-electron chi connectivity index (χ3n) is 4.67. The predicted octanol–water partition coefficient (Wildman–Crippen LogP) is 5.36. The second-order valence-corrected chi connectivity index (χ2v) is 8.36. The fraction of sp³-hybridized carbons (Fsp3) is 0.200. The fourth-order valence-corrected chi connectivity index (χ4v) is 3.08. The van der Waals surface area contributed by atoms with Gasteiger partial charge in [-0.15, -0.1) is 0 Å². The van der Waals surface area contributed by atoms with E-state index >= 15 is 0 Å². The molecule has 3 aromatic carbocycles. The minimum absolute atomic E-state index is 0.0965. The maximum Gasteiger partial charge on any atom is 0.375 e. The first kappa shape index (κ1) is 22.3. The molecule has 3 aromatic rings. The van der Waals surface area contributed by atoms with Crippen molar-refractivity contribution in [2.75, 3.05) is 12.1 Å². The van der Waals surface area contributed by atoms with Crippen molar-refractivity contribution in [3.8, 4) is 22.6 Å². The van der Waals surface area contributed by atoms with Gasteiger partial charge in [0.05, 0.1) is 11.3 Å². The van der Waals surface area contributed by atoms with Gasteiger partial charge in [-0.05, 0) is 80.4 Å². The Hall–Kier alpha value is -3.91. The second-order valence-electron chi connectivity index (χ2n) is 8.36. The molecule has 170 valence electrons. The van der Waals surface area contributed by atoms with E-state index in [0.717, 1.165) is 11.1 Å². The summed E-state index contributed by atoms with van der Waals surface area (Å²) in [4.78, 5) is 35.6. The predicted molar refractivity (Wildman–Crippen MR) is 119 cm³/mol. The normalized spacial score (nSPS) is 12.4. The highest BCUT2D eigenvalue weighted by molar-refractivity contribution is 6.08. The zero-order chi connectivity index (χ0) is 23.6. The maximum atomic E-state index is 13.2. The zero-order valence-electron chi connectivity index (χ0n) is 18.3. The van der Waals surface area contributed by atoms with E-state index in [4.69, 9.17) is 19.2 Å². The average Bonchev–Trinajstić information content (AvgIpc) is 3.25. The van der Waals surface area contributed by atoms with Gasteiger partial charge in [0.1, 0.15) is 11.4 Å². The number of carbonyl (C=O) groups is 2. The SMILES string of the molecule is CC(C)(C)OOC(=O)c1ccc(-c2ccc3c(c2)OCO3)cc1NC(=O)c1ccc(F)cc1. The summed E-state index contributed by atoms with van der Waals surface area (Å²) in [5, 5.41) is 2.71. The fourth-order valence-electron chi connectivity index (χ4n) is 3.08. The number of halogens is 1. The van der Waals surface area contributed by atoms with Crippen molar-refractivity contribution in [1.82, 2.24) is 0 Å². The average molecular weight is 451 g/mol. The number of rotatable bonds is 5. The first-order chi connectivity index (χ1) is 15.7. The smallest absolute Gasteiger partial charge is 0.375 e. The lowest BCUT2D eigenvalue weighted by Crippen LogP contribution is -2.23. The van der Waals surface area contributed by atoms with E-state index in [1.165, 1.54) is 30.3 Å². The topological polar surface area (TPSA) is 83.1 Å². The first-order valence-electron chi connectivity index (χ1n) is 10.2. The van der Waals surface area contributed by atoms with Gasteiger partial charge >= 0.3 is 5.97 Å². The minimum atomic E-state index is -0.767. The molecule has 1 aliphatic rings. The second kappa shape index (κ2) is 8.91. The highest BCUT2D eigenvalue weighted by atomic mass is 19.1. The quantitative estimate of drug-likeness (QED) is 0.415. The van der Waals surface area contributed by atoms with Gasteiger partial charge in [-0.25, -0.2) is 9.18 Å². The molecule has 33 heavy (non-hydrogen) atoms. The summed E-state index contributed by atoms with van der Waals surface area (Å²) >= 11 is 0. The van der Waals surface area contributed by atoms with Crippen LogP contribution >= 0.6 is 0 Å². The van der Waals surface area contributed by atoms with Gasteiger partial charge in [0, 0.05) is 5.56 Å². The molecule has 0 saturated heterocycles. The molecule has 1 N–H and O–H groups in total. The van der Waals surface area contributed by atoms with E-state index in [-0.39, 0.29) is 23.6 Å². The van der Waals surface area contributed by atoms with Gasteiger partial charge < -0.3 is 14.8 Å². The van der Waals surface area contributed by atoms with Gasteiger partial charge in [-0.3, -0.25) is 9.68 Å². The number of ether oxygens (including phenoxy) is 2. The lowest BCUT2D eigenvalue weighted by molar-refractivity contribution is -0.301. The van der Waals surface area contributed by atoms with Crippen molar-refractivity contribution in [3.05, 3.63) is 77.6 Å². The molecular formula is C25H22FNO6. The van der Waals surface area contributed by atoms with Gasteiger partial charge in [-0.1, -0.05) is 12.1 Å². The van der Waals surface area contributed by atoms with Crippen molar-refractivity contribution in [2.24, 2.45) is 0 Å². The Kier molecular flexibility index (Phi) is 6.02. The van der Waals surface area contributed by atoms with Crippen LogP contribution in [0.15, 0.2) is 60.7 Å². The molecular weight excluding hydrogens is 429 g/mol. The summed E-state index contributed by atoms with van der Waals surface area (Å²) in [5.41, 5.74) is 1.34. The molecule has 1 amide bonds. The van der Waals surface area contributed by atoms with E-state index < -0.39 is 23.3 Å². The van der Waals surface area contributed by atoms with Crippen LogP contribution in [0.3, 0.4) is 0 Å². The van der Waals surface area contributed by atoms with E-state index in [1.807, 2.05) is 12.1 Å². The van der Waals surface area contributed by atoms with Crippen LogP contribution in [0.1, 0.15) is 41.5 Å². The molecule has 0 spiro atoms. The number of anilines is 1. The van der Waals surface area contributed by atoms with Crippen molar-refractivity contribution in [3.63, 3.8) is 0 Å². The Labute approximate surface area is 190 Å². The summed E-state index contributed by atoms with van der Waals surface area (Å²) in [7, 11) is 0. The summed E-state index contributed by atoms with van der Waals surface area (Å²) in [5.74, 6) is -0.491. The standard InChI is InChI=1S/C25H22FNO6/c1-25(2,3)33-32-24(29)19-10-6-16(17-7-11-21-22(13-17)31-14-30-21)12-20(19)27-23(28)15-4-8-18(26)9-5-15/h4-13H,14H2,1-3H3,(H,27,28). The van der Waals surface area contributed by atoms with Crippen LogP contribution in [0.4, 0.5) is 10.1 Å². The van der Waals surface area contributed by atoms with Crippen LogP contribution in [0, 0.1) is 5.82 Å². The van der Waals surface area contributed by atoms with Gasteiger partial charge in [0.15, 0.2) is 11.5 Å². The van der Waals surface area contributed by atoms with Crippen LogP contribution in [0.25, 0.3) is 11.1 Å². The molecule has 7 nitrogen and oxygen atoms in total. The molecule has 0 bridgehead atoms. The Bertz CT molecular complexity index is 1200. The molecule has 0 radical (unpaired) electrons. The van der Waals surface area contributed by atoms with Gasteiger partial charge in [0.2, 0.25) is 6.79 Å². The maximum absolute atomic E-state index is 13.2. The van der Waals surface area contributed by atoms with Crippen LogP contribution in [0.2, 0.25) is 0 Å². The van der Waals surface area contributed by atoms with Crippen molar-refractivity contribution >= 4 is 17.6 Å². The lowest BCUT2D eigenvalue weighted by atomic mass is 10.0. The first-order valence-corrected chi connectivity index (χ1v) is 10.2. The molecule has 0 unspecified atom stereocenters. The largest absolute Gasteiger partial charge is 0.454 e. The monoisotopic (exact) mass is 451 g/mol. The molecule has 0 aromatic heterocycles. The highest BCUT2D eigenvalue weighted by Crippen LogP contribution is 2.37. The van der Waals surface area contributed by atoms with Crippen molar-refractivity contribution in [2.45, 2.75) is 26.4 Å². The van der Waals surface area contributed by atoms with E-state index in [2.05, 4.69) is 5.32 Å². The third-order valence-corrected chi connectivity index (χ3v) is 4.67. The molecule has 4 rings (SSSR count). The number of hydrogen-bond donors (Lipinski definition) is 1. The highest BCUT2D eigenvalue weighted by Gasteiger charge is 2.22. The molecule has 1 heterocycles. The van der Waals surface area contributed by atoms with Crippen molar-refractivity contribution in [1.29, 1.82) is 0 Å². The zero-order valence-corrected chi connectivity index (χ0v) is 18.3. The van der Waals surface area contributed by atoms with Crippen molar-refractivity contribution < 1.29 is 33.2 Å². The number of fused-ring (bicyclic) bond motifs is 1. The summed E-state index contributed by atoms with van der Waals surface area (Å²) < 4.78 is 24.0. The van der Waals surface area contributed by atoms with E-state index in [1.54, 1.807) is 39.0 Å². The lowest BCUT2D eigenvalue weighted by Gasteiger charge is -2.18. The van der Waals surface area contributed by atoms with Crippen LogP contribution in [0.5, 0.6) is 11.5 Å². The van der Waals surface area contributed by atoms with E-state index in [9.17, 15) is 14.0 Å². The Balaban J connectivity index is 1.67.